The maximum Gasteiger partial charge on any atom is 0.251 e. The third-order valence-electron chi connectivity index (χ3n) is 5.78. The second kappa shape index (κ2) is 6.88. The molecule has 5 heteroatoms. The Hall–Kier alpha value is -2.14. The molecule has 2 aliphatic rings. The molecule has 3 atom stereocenters. The summed E-state index contributed by atoms with van der Waals surface area (Å²) in [7, 11) is 0. The van der Waals surface area contributed by atoms with Gasteiger partial charge in [0.2, 0.25) is 5.91 Å². The lowest BCUT2D eigenvalue weighted by Gasteiger charge is -2.20. The molecule has 0 bridgehead atoms. The Labute approximate surface area is 157 Å². The van der Waals surface area contributed by atoms with Crippen LogP contribution in [0.4, 0.5) is 5.00 Å². The second-order valence-corrected chi connectivity index (χ2v) is 8.54. The molecule has 2 aliphatic carbocycles. The highest BCUT2D eigenvalue weighted by Crippen LogP contribution is 2.48. The van der Waals surface area contributed by atoms with E-state index >= 15 is 0 Å². The van der Waals surface area contributed by atoms with Crippen molar-refractivity contribution in [2.45, 2.75) is 44.9 Å². The molecule has 4 nitrogen and oxygen atoms in total. The molecule has 2 aromatic rings. The average molecular weight is 369 g/mol. The molecule has 26 heavy (non-hydrogen) atoms. The van der Waals surface area contributed by atoms with Crippen LogP contribution in [0.1, 0.15) is 58.5 Å². The van der Waals surface area contributed by atoms with Crippen LogP contribution < -0.4 is 11.1 Å². The number of thiophene rings is 1. The van der Waals surface area contributed by atoms with E-state index in [9.17, 15) is 9.59 Å². The van der Waals surface area contributed by atoms with Crippen LogP contribution in [0, 0.1) is 11.8 Å². The SMILES string of the molecule is CC[C@H]1CCc2c(sc(NC(=O)[C@H]3C[C@@H]3c3ccccc3)c2C(N)=O)C1. The zero-order valence-electron chi connectivity index (χ0n) is 15.0. The molecule has 136 valence electrons. The molecule has 1 heterocycles. The number of carbonyl (C=O) groups excluding carboxylic acids is 2. The van der Waals surface area contributed by atoms with Crippen molar-refractivity contribution in [3.8, 4) is 0 Å². The Morgan fingerprint density at radius 3 is 2.73 bits per heavy atom. The molecule has 1 aromatic heterocycles. The highest BCUT2D eigenvalue weighted by molar-refractivity contribution is 7.17. The number of hydrogen-bond donors (Lipinski definition) is 2. The highest BCUT2D eigenvalue weighted by Gasteiger charge is 2.44. The molecule has 0 radical (unpaired) electrons. The van der Waals surface area contributed by atoms with Gasteiger partial charge in [0.25, 0.3) is 5.91 Å². The van der Waals surface area contributed by atoms with Crippen LogP contribution in [0.25, 0.3) is 0 Å². The summed E-state index contributed by atoms with van der Waals surface area (Å²) < 4.78 is 0. The van der Waals surface area contributed by atoms with Crippen LogP contribution in [0.15, 0.2) is 30.3 Å². The predicted octanol–water partition coefficient (Wildman–Crippen LogP) is 4.10. The normalized spacial score (nSPS) is 24.0. The molecular formula is C21H24N2O2S. The number of amides is 2. The van der Waals surface area contributed by atoms with Crippen molar-refractivity contribution in [1.82, 2.24) is 0 Å². The quantitative estimate of drug-likeness (QED) is 0.834. The first-order valence-electron chi connectivity index (χ1n) is 9.38. The molecule has 1 aromatic carbocycles. The van der Waals surface area contributed by atoms with Crippen molar-refractivity contribution in [2.75, 3.05) is 5.32 Å². The minimum absolute atomic E-state index is 0.00647. The summed E-state index contributed by atoms with van der Waals surface area (Å²) in [5.74, 6) is 0.513. The predicted molar refractivity (Wildman–Crippen MR) is 105 cm³/mol. The molecule has 1 fully saturated rings. The molecule has 0 unspecified atom stereocenters. The third-order valence-corrected chi connectivity index (χ3v) is 6.95. The van der Waals surface area contributed by atoms with Crippen LogP contribution in [-0.4, -0.2) is 11.8 Å². The lowest BCUT2D eigenvalue weighted by atomic mass is 9.85. The fourth-order valence-corrected chi connectivity index (χ4v) is 5.48. The Bertz CT molecular complexity index is 843. The van der Waals surface area contributed by atoms with E-state index in [0.717, 1.165) is 37.7 Å². The Balaban J connectivity index is 1.52. The van der Waals surface area contributed by atoms with Crippen molar-refractivity contribution >= 4 is 28.2 Å². The van der Waals surface area contributed by atoms with E-state index in [1.165, 1.54) is 10.4 Å². The number of hydrogen-bond acceptors (Lipinski definition) is 3. The molecular weight excluding hydrogens is 344 g/mol. The van der Waals surface area contributed by atoms with E-state index < -0.39 is 5.91 Å². The minimum atomic E-state index is -0.428. The largest absolute Gasteiger partial charge is 0.365 e. The highest BCUT2D eigenvalue weighted by atomic mass is 32.1. The fraction of sp³-hybridized carbons (Fsp3) is 0.429. The van der Waals surface area contributed by atoms with E-state index in [0.29, 0.717) is 16.5 Å². The van der Waals surface area contributed by atoms with Gasteiger partial charge in [0.15, 0.2) is 0 Å². The van der Waals surface area contributed by atoms with Gasteiger partial charge in [0, 0.05) is 10.8 Å². The summed E-state index contributed by atoms with van der Waals surface area (Å²) in [4.78, 5) is 26.0. The van der Waals surface area contributed by atoms with Gasteiger partial charge >= 0.3 is 0 Å². The molecule has 0 spiro atoms. The van der Waals surface area contributed by atoms with Crippen LogP contribution in [-0.2, 0) is 17.6 Å². The minimum Gasteiger partial charge on any atom is -0.365 e. The zero-order chi connectivity index (χ0) is 18.3. The van der Waals surface area contributed by atoms with Crippen molar-refractivity contribution < 1.29 is 9.59 Å². The molecule has 0 saturated heterocycles. The number of nitrogens with two attached hydrogens (primary N) is 1. The monoisotopic (exact) mass is 368 g/mol. The first kappa shape index (κ1) is 17.3. The van der Waals surface area contributed by atoms with Gasteiger partial charge in [-0.2, -0.15) is 0 Å². The number of benzene rings is 1. The van der Waals surface area contributed by atoms with E-state index in [4.69, 9.17) is 5.73 Å². The summed E-state index contributed by atoms with van der Waals surface area (Å²) in [6.07, 6.45) is 4.97. The van der Waals surface area contributed by atoms with Gasteiger partial charge < -0.3 is 11.1 Å². The first-order valence-corrected chi connectivity index (χ1v) is 10.2. The molecule has 3 N–H and O–H groups in total. The first-order chi connectivity index (χ1) is 12.6. The number of anilines is 1. The average Bonchev–Trinajstić information content (AvgIpc) is 3.37. The Morgan fingerprint density at radius 1 is 1.27 bits per heavy atom. The summed E-state index contributed by atoms with van der Waals surface area (Å²) >= 11 is 1.55. The standard InChI is InChI=1S/C21H24N2O2S/c1-2-12-8-9-14-17(10-12)26-21(18(14)19(22)24)23-20(25)16-11-15(16)13-6-4-3-5-7-13/h3-7,12,15-16H,2,8-11H2,1H3,(H2,22,24)(H,23,25)/t12-,15+,16-/m0/s1. The Kier molecular flexibility index (Phi) is 4.57. The van der Waals surface area contributed by atoms with Gasteiger partial charge in [0.1, 0.15) is 5.00 Å². The summed E-state index contributed by atoms with van der Waals surface area (Å²) in [5, 5.41) is 3.68. The lowest BCUT2D eigenvalue weighted by molar-refractivity contribution is -0.117. The third kappa shape index (κ3) is 3.16. The number of primary amides is 1. The van der Waals surface area contributed by atoms with Crippen molar-refractivity contribution in [3.05, 3.63) is 51.9 Å². The zero-order valence-corrected chi connectivity index (χ0v) is 15.8. The second-order valence-electron chi connectivity index (χ2n) is 7.44. The van der Waals surface area contributed by atoms with Crippen molar-refractivity contribution in [1.29, 1.82) is 0 Å². The number of carbonyl (C=O) groups is 2. The number of fused-ring (bicyclic) bond motifs is 1. The van der Waals surface area contributed by atoms with Gasteiger partial charge in [0.05, 0.1) is 5.56 Å². The van der Waals surface area contributed by atoms with E-state index in [1.807, 2.05) is 18.2 Å². The van der Waals surface area contributed by atoms with Crippen LogP contribution in [0.5, 0.6) is 0 Å². The van der Waals surface area contributed by atoms with Gasteiger partial charge in [-0.1, -0.05) is 43.7 Å². The summed E-state index contributed by atoms with van der Waals surface area (Å²) in [6, 6.07) is 10.1. The van der Waals surface area contributed by atoms with Crippen molar-refractivity contribution in [2.24, 2.45) is 17.6 Å². The van der Waals surface area contributed by atoms with Gasteiger partial charge in [-0.3, -0.25) is 9.59 Å². The van der Waals surface area contributed by atoms with Crippen molar-refractivity contribution in [3.63, 3.8) is 0 Å². The van der Waals surface area contributed by atoms with E-state index in [1.54, 1.807) is 11.3 Å². The number of rotatable bonds is 5. The van der Waals surface area contributed by atoms with Crippen LogP contribution >= 0.6 is 11.3 Å². The number of nitrogens with one attached hydrogen (secondary N) is 1. The lowest BCUT2D eigenvalue weighted by Crippen LogP contribution is -2.20. The van der Waals surface area contributed by atoms with Crippen LogP contribution in [0.3, 0.4) is 0 Å². The van der Waals surface area contributed by atoms with Gasteiger partial charge in [-0.15, -0.1) is 11.3 Å². The molecule has 4 rings (SSSR count). The topological polar surface area (TPSA) is 72.2 Å². The maximum absolute atomic E-state index is 12.7. The summed E-state index contributed by atoms with van der Waals surface area (Å²) in [5.41, 5.74) is 8.47. The van der Waals surface area contributed by atoms with E-state index in [2.05, 4.69) is 24.4 Å². The van der Waals surface area contributed by atoms with E-state index in [-0.39, 0.29) is 17.7 Å². The summed E-state index contributed by atoms with van der Waals surface area (Å²) in [6.45, 7) is 2.21. The smallest absolute Gasteiger partial charge is 0.251 e. The Morgan fingerprint density at radius 2 is 2.04 bits per heavy atom. The maximum atomic E-state index is 12.7. The molecule has 1 saturated carbocycles. The van der Waals surface area contributed by atoms with Crippen LogP contribution in [0.2, 0.25) is 0 Å². The van der Waals surface area contributed by atoms with Gasteiger partial charge in [-0.05, 0) is 48.6 Å². The molecule has 0 aliphatic heterocycles. The van der Waals surface area contributed by atoms with Gasteiger partial charge in [-0.25, -0.2) is 0 Å². The fourth-order valence-electron chi connectivity index (χ4n) is 4.11. The molecule has 2 amide bonds.